The molecular weight excluding hydrogens is 540 g/mol. The number of urea groups is 1. The third-order valence-electron chi connectivity index (χ3n) is 6.47. The van der Waals surface area contributed by atoms with Crippen LogP contribution in [-0.2, 0) is 11.0 Å². The fourth-order valence-corrected chi connectivity index (χ4v) is 5.11. The van der Waals surface area contributed by atoms with E-state index in [9.17, 15) is 22.8 Å². The van der Waals surface area contributed by atoms with Crippen LogP contribution in [0.25, 0.3) is 0 Å². The van der Waals surface area contributed by atoms with Gasteiger partial charge in [-0.2, -0.15) is 13.2 Å². The third kappa shape index (κ3) is 5.08. The standard InChI is InChI=1S/C27H21Cl2F3N4O2/c28-19-5-3-4-17(14-19)24-23(16-8-10-18(11-9-16)27(30,31)32)34-25(20-6-1-2-7-21(20)29)36(24)26(38)35-13-12-33-22(37)15-35/h1-11,14,23-24H,12-13,15H2,(H,33,37). The maximum atomic E-state index is 14.0. The van der Waals surface area contributed by atoms with E-state index in [0.29, 0.717) is 33.3 Å². The molecule has 0 spiro atoms. The molecule has 2 atom stereocenters. The second-order valence-electron chi connectivity index (χ2n) is 8.92. The molecule has 1 saturated heterocycles. The Labute approximate surface area is 226 Å². The first-order valence-electron chi connectivity index (χ1n) is 11.7. The third-order valence-corrected chi connectivity index (χ3v) is 7.03. The molecule has 3 aromatic rings. The fourth-order valence-electron chi connectivity index (χ4n) is 4.69. The van der Waals surface area contributed by atoms with Crippen molar-refractivity contribution in [2.24, 2.45) is 4.99 Å². The first kappa shape index (κ1) is 26.1. The molecule has 5 rings (SSSR count). The molecule has 1 fully saturated rings. The van der Waals surface area contributed by atoms with E-state index >= 15 is 0 Å². The van der Waals surface area contributed by atoms with Crippen LogP contribution < -0.4 is 5.32 Å². The minimum Gasteiger partial charge on any atom is -0.353 e. The van der Waals surface area contributed by atoms with Crippen LogP contribution in [0.4, 0.5) is 18.0 Å². The lowest BCUT2D eigenvalue weighted by molar-refractivity contribution is -0.137. The Morgan fingerprint density at radius 2 is 1.71 bits per heavy atom. The molecule has 0 aliphatic carbocycles. The Morgan fingerprint density at radius 1 is 0.974 bits per heavy atom. The summed E-state index contributed by atoms with van der Waals surface area (Å²) in [6.45, 7) is 0.434. The minimum atomic E-state index is -4.50. The van der Waals surface area contributed by atoms with Crippen LogP contribution in [0.2, 0.25) is 10.0 Å². The summed E-state index contributed by atoms with van der Waals surface area (Å²) in [5, 5.41) is 3.47. The van der Waals surface area contributed by atoms with E-state index in [1.54, 1.807) is 48.5 Å². The highest BCUT2D eigenvalue weighted by atomic mass is 35.5. The van der Waals surface area contributed by atoms with Crippen LogP contribution in [0, 0.1) is 0 Å². The predicted molar refractivity (Wildman–Crippen MR) is 138 cm³/mol. The van der Waals surface area contributed by atoms with Crippen molar-refractivity contribution in [2.45, 2.75) is 18.3 Å². The molecular formula is C27H21Cl2F3N4O2. The number of alkyl halides is 3. The van der Waals surface area contributed by atoms with E-state index in [1.165, 1.54) is 21.9 Å². The Morgan fingerprint density at radius 3 is 2.37 bits per heavy atom. The predicted octanol–water partition coefficient (Wildman–Crippen LogP) is 6.11. The van der Waals surface area contributed by atoms with Gasteiger partial charge in [0.25, 0.3) is 0 Å². The number of piperazine rings is 1. The summed E-state index contributed by atoms with van der Waals surface area (Å²) in [6, 6.07) is 16.5. The Hall–Kier alpha value is -3.56. The van der Waals surface area contributed by atoms with Gasteiger partial charge in [-0.3, -0.25) is 14.7 Å². The van der Waals surface area contributed by atoms with Gasteiger partial charge in [0, 0.05) is 23.7 Å². The lowest BCUT2D eigenvalue weighted by Gasteiger charge is -2.35. The molecule has 196 valence electrons. The molecule has 0 aromatic heterocycles. The summed E-state index contributed by atoms with van der Waals surface area (Å²) >= 11 is 12.8. The zero-order valence-corrected chi connectivity index (χ0v) is 21.3. The number of hydrogen-bond donors (Lipinski definition) is 1. The smallest absolute Gasteiger partial charge is 0.353 e. The van der Waals surface area contributed by atoms with Crippen molar-refractivity contribution in [3.63, 3.8) is 0 Å². The molecule has 2 aliphatic heterocycles. The van der Waals surface area contributed by atoms with Gasteiger partial charge in [-0.15, -0.1) is 0 Å². The van der Waals surface area contributed by atoms with Gasteiger partial charge >= 0.3 is 12.2 Å². The van der Waals surface area contributed by atoms with Crippen molar-refractivity contribution in [2.75, 3.05) is 19.6 Å². The molecule has 38 heavy (non-hydrogen) atoms. The molecule has 0 saturated carbocycles. The molecule has 2 aliphatic rings. The van der Waals surface area contributed by atoms with Gasteiger partial charge < -0.3 is 10.2 Å². The zero-order chi connectivity index (χ0) is 27.0. The summed E-state index contributed by atoms with van der Waals surface area (Å²) in [7, 11) is 0. The first-order valence-corrected chi connectivity index (χ1v) is 12.5. The van der Waals surface area contributed by atoms with E-state index in [-0.39, 0.29) is 24.8 Å². The van der Waals surface area contributed by atoms with Gasteiger partial charge in [0.1, 0.15) is 18.4 Å². The zero-order valence-electron chi connectivity index (χ0n) is 19.8. The van der Waals surface area contributed by atoms with Gasteiger partial charge in [0.05, 0.1) is 16.6 Å². The highest BCUT2D eigenvalue weighted by molar-refractivity contribution is 6.34. The lowest BCUT2D eigenvalue weighted by Crippen LogP contribution is -2.55. The normalized spacial score (nSPS) is 19.8. The SMILES string of the molecule is O=C1CN(C(=O)N2C(c3ccccc3Cl)=NC(c3ccc(C(F)(F)F)cc3)C2c2cccc(Cl)c2)CCN1. The number of nitrogens with zero attached hydrogens (tertiary/aromatic N) is 3. The second-order valence-corrected chi connectivity index (χ2v) is 9.76. The lowest BCUT2D eigenvalue weighted by atomic mass is 9.93. The molecule has 3 aromatic carbocycles. The summed E-state index contributed by atoms with van der Waals surface area (Å²) in [5.41, 5.74) is 0.786. The van der Waals surface area contributed by atoms with Crippen LogP contribution in [-0.4, -0.2) is 47.2 Å². The van der Waals surface area contributed by atoms with Crippen molar-refractivity contribution < 1.29 is 22.8 Å². The highest BCUT2D eigenvalue weighted by Gasteiger charge is 2.45. The van der Waals surface area contributed by atoms with Crippen molar-refractivity contribution in [1.29, 1.82) is 0 Å². The number of nitrogens with one attached hydrogen (secondary N) is 1. The molecule has 2 unspecified atom stereocenters. The fraction of sp³-hybridized carbons (Fsp3) is 0.222. The Bertz CT molecular complexity index is 1410. The van der Waals surface area contributed by atoms with Crippen LogP contribution in [0.3, 0.4) is 0 Å². The van der Waals surface area contributed by atoms with Crippen LogP contribution in [0.1, 0.15) is 34.3 Å². The van der Waals surface area contributed by atoms with Gasteiger partial charge in [-0.05, 0) is 47.5 Å². The average molecular weight is 561 g/mol. The van der Waals surface area contributed by atoms with Crippen LogP contribution in [0.15, 0.2) is 77.8 Å². The van der Waals surface area contributed by atoms with E-state index < -0.39 is 29.9 Å². The number of carbonyl (C=O) groups is 2. The molecule has 1 N–H and O–H groups in total. The van der Waals surface area contributed by atoms with Crippen molar-refractivity contribution in [3.05, 3.63) is 105 Å². The topological polar surface area (TPSA) is 65.0 Å². The Balaban J connectivity index is 1.67. The Kier molecular flexibility index (Phi) is 7.07. The summed E-state index contributed by atoms with van der Waals surface area (Å²) in [6.07, 6.45) is -4.50. The van der Waals surface area contributed by atoms with Crippen molar-refractivity contribution in [3.8, 4) is 0 Å². The number of aliphatic imine (C=N–C) groups is 1. The number of hydrogen-bond acceptors (Lipinski definition) is 3. The number of amides is 3. The molecule has 11 heteroatoms. The van der Waals surface area contributed by atoms with Gasteiger partial charge in [0.2, 0.25) is 5.91 Å². The minimum absolute atomic E-state index is 0.141. The number of halogens is 5. The van der Waals surface area contributed by atoms with E-state index in [1.807, 2.05) is 0 Å². The number of benzene rings is 3. The maximum Gasteiger partial charge on any atom is 0.416 e. The van der Waals surface area contributed by atoms with Gasteiger partial charge in [0.15, 0.2) is 0 Å². The summed E-state index contributed by atoms with van der Waals surface area (Å²) in [4.78, 5) is 33.9. The van der Waals surface area contributed by atoms with E-state index in [2.05, 4.69) is 5.32 Å². The first-order chi connectivity index (χ1) is 18.1. The summed E-state index contributed by atoms with van der Waals surface area (Å²) < 4.78 is 39.8. The molecule has 2 heterocycles. The van der Waals surface area contributed by atoms with Crippen LogP contribution in [0.5, 0.6) is 0 Å². The van der Waals surface area contributed by atoms with Crippen molar-refractivity contribution >= 4 is 41.0 Å². The second kappa shape index (κ2) is 10.3. The number of rotatable bonds is 3. The van der Waals surface area contributed by atoms with E-state index in [4.69, 9.17) is 28.2 Å². The quantitative estimate of drug-likeness (QED) is 0.420. The van der Waals surface area contributed by atoms with Gasteiger partial charge in [-0.1, -0.05) is 59.6 Å². The summed E-state index contributed by atoms with van der Waals surface area (Å²) in [5.74, 6) is -0.0416. The molecule has 6 nitrogen and oxygen atoms in total. The average Bonchev–Trinajstić information content (AvgIpc) is 3.28. The monoisotopic (exact) mass is 560 g/mol. The van der Waals surface area contributed by atoms with Crippen LogP contribution >= 0.6 is 23.2 Å². The molecule has 0 radical (unpaired) electrons. The van der Waals surface area contributed by atoms with Gasteiger partial charge in [-0.25, -0.2) is 4.79 Å². The highest BCUT2D eigenvalue weighted by Crippen LogP contribution is 2.45. The molecule has 3 amide bonds. The number of carbonyl (C=O) groups excluding carboxylic acids is 2. The molecule has 0 bridgehead atoms. The number of amidine groups is 1. The largest absolute Gasteiger partial charge is 0.416 e. The maximum absolute atomic E-state index is 14.0. The van der Waals surface area contributed by atoms with Crippen molar-refractivity contribution in [1.82, 2.24) is 15.1 Å². The van der Waals surface area contributed by atoms with E-state index in [0.717, 1.165) is 12.1 Å².